The number of carbonyl (C=O) groups excluding carboxylic acids is 1. The zero-order valence-electron chi connectivity index (χ0n) is 8.47. The van der Waals surface area contributed by atoms with E-state index in [2.05, 4.69) is 14.9 Å². The van der Waals surface area contributed by atoms with Gasteiger partial charge in [-0.05, 0) is 24.7 Å². The van der Waals surface area contributed by atoms with Crippen LogP contribution in [0, 0.1) is 11.8 Å². The summed E-state index contributed by atoms with van der Waals surface area (Å²) in [5.41, 5.74) is 0.543. The van der Waals surface area contributed by atoms with Crippen molar-refractivity contribution in [3.63, 3.8) is 0 Å². The Morgan fingerprint density at radius 2 is 1.80 bits per heavy atom. The van der Waals surface area contributed by atoms with Crippen LogP contribution >= 0.6 is 0 Å². The Balaban J connectivity index is 1.78. The Morgan fingerprint density at radius 1 is 1.20 bits per heavy atom. The third kappa shape index (κ3) is 1.40. The zero-order valence-corrected chi connectivity index (χ0v) is 8.47. The molecule has 0 amide bonds. The van der Waals surface area contributed by atoms with Crippen LogP contribution < -0.4 is 4.90 Å². The smallest absolute Gasteiger partial charge is 0.225 e. The first-order valence-corrected chi connectivity index (χ1v) is 5.39. The maximum atomic E-state index is 10.5. The molecule has 2 fully saturated rings. The van der Waals surface area contributed by atoms with Gasteiger partial charge in [-0.1, -0.05) is 0 Å². The maximum absolute atomic E-state index is 10.5. The summed E-state index contributed by atoms with van der Waals surface area (Å²) in [6, 6.07) is 0. The number of fused-ring (bicyclic) bond motifs is 1. The maximum Gasteiger partial charge on any atom is 0.225 e. The van der Waals surface area contributed by atoms with E-state index < -0.39 is 0 Å². The monoisotopic (exact) mass is 203 g/mol. The average molecular weight is 203 g/mol. The molecule has 0 N–H and O–H groups in total. The molecule has 0 spiro atoms. The van der Waals surface area contributed by atoms with Crippen LogP contribution in [0.2, 0.25) is 0 Å². The molecule has 15 heavy (non-hydrogen) atoms. The van der Waals surface area contributed by atoms with E-state index in [0.717, 1.165) is 37.2 Å². The number of rotatable bonds is 2. The largest absolute Gasteiger partial charge is 0.340 e. The van der Waals surface area contributed by atoms with E-state index in [1.54, 1.807) is 12.4 Å². The number of hydrogen-bond acceptors (Lipinski definition) is 4. The van der Waals surface area contributed by atoms with Crippen molar-refractivity contribution in [2.45, 2.75) is 12.8 Å². The van der Waals surface area contributed by atoms with E-state index >= 15 is 0 Å². The Labute approximate surface area is 88.3 Å². The molecule has 0 radical (unpaired) electrons. The van der Waals surface area contributed by atoms with E-state index in [1.165, 1.54) is 12.8 Å². The van der Waals surface area contributed by atoms with Crippen LogP contribution in [0.3, 0.4) is 0 Å². The predicted molar refractivity (Wildman–Crippen MR) is 55.8 cm³/mol. The van der Waals surface area contributed by atoms with Crippen LogP contribution in [-0.2, 0) is 0 Å². The Hall–Kier alpha value is -1.45. The standard InChI is InChI=1S/C11H13N3O/c15-7-8-3-12-11(13-4-8)14-5-9-1-2-10(9)6-14/h3-4,7,9-10H,1-2,5-6H2. The number of aromatic nitrogens is 2. The van der Waals surface area contributed by atoms with Crippen LogP contribution in [0.5, 0.6) is 0 Å². The molecule has 4 nitrogen and oxygen atoms in total. The topological polar surface area (TPSA) is 46.1 Å². The minimum atomic E-state index is 0.543. The zero-order chi connectivity index (χ0) is 10.3. The van der Waals surface area contributed by atoms with Gasteiger partial charge in [-0.15, -0.1) is 0 Å². The van der Waals surface area contributed by atoms with E-state index in [4.69, 9.17) is 0 Å². The Kier molecular flexibility index (Phi) is 1.94. The van der Waals surface area contributed by atoms with Crippen LogP contribution in [0.25, 0.3) is 0 Å². The Morgan fingerprint density at radius 3 is 2.27 bits per heavy atom. The second kappa shape index (κ2) is 3.29. The molecule has 0 aromatic carbocycles. The highest BCUT2D eigenvalue weighted by Crippen LogP contribution is 2.41. The van der Waals surface area contributed by atoms with E-state index in [9.17, 15) is 4.79 Å². The van der Waals surface area contributed by atoms with Gasteiger partial charge in [0.05, 0.1) is 5.56 Å². The average Bonchev–Trinajstić information content (AvgIpc) is 2.55. The fourth-order valence-electron chi connectivity index (χ4n) is 2.48. The van der Waals surface area contributed by atoms with Gasteiger partial charge in [-0.25, -0.2) is 9.97 Å². The molecule has 1 aromatic rings. The summed E-state index contributed by atoms with van der Waals surface area (Å²) in [6.07, 6.45) is 6.67. The lowest BCUT2D eigenvalue weighted by molar-refractivity contribution is 0.112. The Bertz CT molecular complexity index is 364. The summed E-state index contributed by atoms with van der Waals surface area (Å²) in [4.78, 5) is 21.1. The first kappa shape index (κ1) is 8.83. The lowest BCUT2D eigenvalue weighted by Crippen LogP contribution is -2.22. The molecular weight excluding hydrogens is 190 g/mol. The van der Waals surface area contributed by atoms with Crippen LogP contribution in [0.4, 0.5) is 5.95 Å². The molecule has 1 aliphatic carbocycles. The van der Waals surface area contributed by atoms with Gasteiger partial charge in [0.25, 0.3) is 0 Å². The molecule has 2 aliphatic rings. The molecule has 1 saturated heterocycles. The van der Waals surface area contributed by atoms with Gasteiger partial charge in [0, 0.05) is 25.5 Å². The third-order valence-electron chi connectivity index (χ3n) is 3.56. The highest BCUT2D eigenvalue weighted by molar-refractivity contribution is 5.73. The molecule has 1 aliphatic heterocycles. The van der Waals surface area contributed by atoms with Crippen molar-refractivity contribution in [1.29, 1.82) is 0 Å². The summed E-state index contributed by atoms with van der Waals surface area (Å²) in [5, 5.41) is 0. The van der Waals surface area contributed by atoms with Gasteiger partial charge in [-0.2, -0.15) is 0 Å². The number of aldehydes is 1. The fraction of sp³-hybridized carbons (Fsp3) is 0.545. The first-order valence-electron chi connectivity index (χ1n) is 5.39. The number of carbonyl (C=O) groups is 1. The lowest BCUT2D eigenvalue weighted by atomic mass is 9.77. The van der Waals surface area contributed by atoms with Gasteiger partial charge in [0.2, 0.25) is 5.95 Å². The molecule has 4 heteroatoms. The number of hydrogen-bond donors (Lipinski definition) is 0. The van der Waals surface area contributed by atoms with Crippen LogP contribution in [0.1, 0.15) is 23.2 Å². The molecule has 2 unspecified atom stereocenters. The van der Waals surface area contributed by atoms with Crippen molar-refractivity contribution in [3.8, 4) is 0 Å². The molecular formula is C11H13N3O. The highest BCUT2D eigenvalue weighted by atomic mass is 16.1. The van der Waals surface area contributed by atoms with Gasteiger partial charge in [0.1, 0.15) is 0 Å². The summed E-state index contributed by atoms with van der Waals surface area (Å²) in [7, 11) is 0. The van der Waals surface area contributed by atoms with Crippen LogP contribution in [-0.4, -0.2) is 29.3 Å². The van der Waals surface area contributed by atoms with Gasteiger partial charge < -0.3 is 4.90 Å². The molecule has 0 bridgehead atoms. The van der Waals surface area contributed by atoms with Crippen molar-refractivity contribution in [1.82, 2.24) is 9.97 Å². The second-order valence-electron chi connectivity index (χ2n) is 4.44. The molecule has 1 aromatic heterocycles. The summed E-state index contributed by atoms with van der Waals surface area (Å²) < 4.78 is 0. The number of nitrogens with zero attached hydrogens (tertiary/aromatic N) is 3. The SMILES string of the molecule is O=Cc1cnc(N2CC3CCC3C2)nc1. The van der Waals surface area contributed by atoms with Crippen molar-refractivity contribution in [3.05, 3.63) is 18.0 Å². The van der Waals surface area contributed by atoms with E-state index in [0.29, 0.717) is 5.56 Å². The van der Waals surface area contributed by atoms with Crippen molar-refractivity contribution < 1.29 is 4.79 Å². The second-order valence-corrected chi connectivity index (χ2v) is 4.44. The summed E-state index contributed by atoms with van der Waals surface area (Å²) in [5.74, 6) is 2.49. The normalized spacial score (nSPS) is 28.4. The molecule has 78 valence electrons. The summed E-state index contributed by atoms with van der Waals surface area (Å²) >= 11 is 0. The van der Waals surface area contributed by atoms with Crippen molar-refractivity contribution in [2.75, 3.05) is 18.0 Å². The first-order chi connectivity index (χ1) is 7.36. The van der Waals surface area contributed by atoms with Gasteiger partial charge in [0.15, 0.2) is 6.29 Å². The minimum Gasteiger partial charge on any atom is -0.340 e. The summed E-state index contributed by atoms with van der Waals surface area (Å²) in [6.45, 7) is 2.18. The molecule has 2 atom stereocenters. The van der Waals surface area contributed by atoms with Gasteiger partial charge >= 0.3 is 0 Å². The van der Waals surface area contributed by atoms with Crippen molar-refractivity contribution >= 4 is 12.2 Å². The van der Waals surface area contributed by atoms with Crippen LogP contribution in [0.15, 0.2) is 12.4 Å². The van der Waals surface area contributed by atoms with E-state index in [1.807, 2.05) is 0 Å². The molecule has 3 rings (SSSR count). The number of anilines is 1. The third-order valence-corrected chi connectivity index (χ3v) is 3.56. The van der Waals surface area contributed by atoms with E-state index in [-0.39, 0.29) is 0 Å². The van der Waals surface area contributed by atoms with Gasteiger partial charge in [-0.3, -0.25) is 4.79 Å². The minimum absolute atomic E-state index is 0.543. The van der Waals surface area contributed by atoms with Crippen molar-refractivity contribution in [2.24, 2.45) is 11.8 Å². The highest BCUT2D eigenvalue weighted by Gasteiger charge is 2.39. The lowest BCUT2D eigenvalue weighted by Gasteiger charge is -2.27. The quantitative estimate of drug-likeness (QED) is 0.676. The fourth-order valence-corrected chi connectivity index (χ4v) is 2.48. The predicted octanol–water partition coefficient (Wildman–Crippen LogP) is 1.14. The molecule has 1 saturated carbocycles. The molecule has 2 heterocycles.